The van der Waals surface area contributed by atoms with Crippen LogP contribution in [-0.2, 0) is 4.74 Å². The minimum Gasteiger partial charge on any atom is -0.553 e. The number of fused-ring (bicyclic) bond motifs is 1. The summed E-state index contributed by atoms with van der Waals surface area (Å²) in [6.45, 7) is 14.4. The van der Waals surface area contributed by atoms with Crippen LogP contribution in [0.3, 0.4) is 0 Å². The van der Waals surface area contributed by atoms with Gasteiger partial charge in [-0.15, -0.1) is 11.3 Å². The first-order valence-electron chi connectivity index (χ1n) is 8.11. The van der Waals surface area contributed by atoms with E-state index in [9.17, 15) is 0 Å². The van der Waals surface area contributed by atoms with Gasteiger partial charge in [-0.25, -0.2) is 0 Å². The number of hydrogen-bond donors (Lipinski definition) is 0. The van der Waals surface area contributed by atoms with E-state index < -0.39 is 0 Å². The Kier molecular flexibility index (Phi) is 3.88. The Hall–Kier alpha value is -1.26. The van der Waals surface area contributed by atoms with Crippen LogP contribution in [0.2, 0.25) is 0 Å². The maximum absolute atomic E-state index is 6.23. The molecule has 1 aliphatic rings. The molecule has 0 saturated carbocycles. The summed E-state index contributed by atoms with van der Waals surface area (Å²) in [6.07, 6.45) is 0. The highest BCUT2D eigenvalue weighted by molar-refractivity contribution is 7.20. The molecule has 2 heterocycles. The van der Waals surface area contributed by atoms with Crippen molar-refractivity contribution in [3.05, 3.63) is 34.2 Å². The Morgan fingerprint density at radius 1 is 1.26 bits per heavy atom. The van der Waals surface area contributed by atoms with Crippen molar-refractivity contribution in [1.29, 1.82) is 0 Å². The molecule has 124 valence electrons. The Morgan fingerprint density at radius 2 is 1.96 bits per heavy atom. The van der Waals surface area contributed by atoms with Crippen LogP contribution in [0.15, 0.2) is 23.8 Å². The fraction of sp³-hybridized carbons (Fsp3) is 0.474. The Balaban J connectivity index is 2.25. The first kappa shape index (κ1) is 16.6. The van der Waals surface area contributed by atoms with Gasteiger partial charge in [0.25, 0.3) is 0 Å². The Morgan fingerprint density at radius 3 is 2.57 bits per heavy atom. The standard InChI is InChI=1S/C19H26O2SSi/c1-11-13-9-12(21-23)7-8-14(13)22-16(11)15-17(18(2,3)4)19(5,6)10-20-15/h7-9H,10H2,1-6,23H3. The maximum atomic E-state index is 6.23. The zero-order chi connectivity index (χ0) is 17.0. The number of rotatable bonds is 2. The summed E-state index contributed by atoms with van der Waals surface area (Å²) in [4.78, 5) is 1.28. The van der Waals surface area contributed by atoms with E-state index in [1.54, 1.807) is 0 Å². The second-order valence-electron chi connectivity index (χ2n) is 8.04. The van der Waals surface area contributed by atoms with Gasteiger partial charge in [-0.3, -0.25) is 0 Å². The van der Waals surface area contributed by atoms with Gasteiger partial charge in [0, 0.05) is 10.1 Å². The summed E-state index contributed by atoms with van der Waals surface area (Å²) in [7, 11) is 0.718. The molecule has 0 saturated heterocycles. The van der Waals surface area contributed by atoms with Gasteiger partial charge in [-0.1, -0.05) is 34.6 Å². The Bertz CT molecular complexity index is 794. The highest BCUT2D eigenvalue weighted by Gasteiger charge is 2.42. The Labute approximate surface area is 146 Å². The molecule has 0 spiro atoms. The van der Waals surface area contributed by atoms with Crippen molar-refractivity contribution in [3.8, 4) is 5.75 Å². The van der Waals surface area contributed by atoms with E-state index >= 15 is 0 Å². The lowest BCUT2D eigenvalue weighted by Crippen LogP contribution is -2.24. The van der Waals surface area contributed by atoms with Crippen LogP contribution in [0.25, 0.3) is 15.8 Å². The minimum absolute atomic E-state index is 0.0828. The third kappa shape index (κ3) is 2.72. The fourth-order valence-electron chi connectivity index (χ4n) is 3.78. The summed E-state index contributed by atoms with van der Waals surface area (Å²) in [5, 5.41) is 1.28. The third-order valence-corrected chi connectivity index (χ3v) is 6.32. The molecule has 2 nitrogen and oxygen atoms in total. The molecule has 0 atom stereocenters. The molecular formula is C19H26O2SSi. The van der Waals surface area contributed by atoms with Crippen LogP contribution in [0.5, 0.6) is 5.75 Å². The first-order chi connectivity index (χ1) is 10.6. The zero-order valence-electron chi connectivity index (χ0n) is 15.2. The van der Waals surface area contributed by atoms with E-state index in [4.69, 9.17) is 9.16 Å². The molecule has 2 aromatic rings. The molecule has 4 heteroatoms. The lowest BCUT2D eigenvalue weighted by molar-refractivity contribution is 0.214. The van der Waals surface area contributed by atoms with E-state index in [0.717, 1.165) is 28.6 Å². The van der Waals surface area contributed by atoms with Crippen molar-refractivity contribution in [1.82, 2.24) is 0 Å². The van der Waals surface area contributed by atoms with Gasteiger partial charge in [0.05, 0.1) is 11.5 Å². The van der Waals surface area contributed by atoms with Crippen LogP contribution in [0.4, 0.5) is 0 Å². The average molecular weight is 347 g/mol. The first-order valence-corrected chi connectivity index (χ1v) is 9.74. The van der Waals surface area contributed by atoms with Crippen molar-refractivity contribution in [2.24, 2.45) is 10.8 Å². The molecule has 0 unspecified atom stereocenters. The molecule has 0 amide bonds. The highest BCUT2D eigenvalue weighted by Crippen LogP contribution is 2.52. The largest absolute Gasteiger partial charge is 0.553 e. The summed E-state index contributed by atoms with van der Waals surface area (Å²) >= 11 is 1.83. The average Bonchev–Trinajstić information content (AvgIpc) is 2.95. The van der Waals surface area contributed by atoms with Crippen molar-refractivity contribution in [2.75, 3.05) is 6.61 Å². The molecule has 1 aromatic carbocycles. The molecule has 1 aliphatic heterocycles. The van der Waals surface area contributed by atoms with Crippen LogP contribution in [0, 0.1) is 17.8 Å². The maximum Gasteiger partial charge on any atom is 0.204 e. The van der Waals surface area contributed by atoms with E-state index in [1.165, 1.54) is 26.1 Å². The van der Waals surface area contributed by atoms with Crippen LogP contribution < -0.4 is 4.43 Å². The van der Waals surface area contributed by atoms with E-state index in [1.807, 2.05) is 11.3 Å². The van der Waals surface area contributed by atoms with Gasteiger partial charge in [0.15, 0.2) is 0 Å². The zero-order valence-corrected chi connectivity index (χ0v) is 18.0. The van der Waals surface area contributed by atoms with Gasteiger partial charge < -0.3 is 9.16 Å². The van der Waals surface area contributed by atoms with Crippen molar-refractivity contribution >= 4 is 37.7 Å². The summed E-state index contributed by atoms with van der Waals surface area (Å²) < 4.78 is 13.0. The molecule has 0 fully saturated rings. The van der Waals surface area contributed by atoms with Crippen LogP contribution >= 0.6 is 11.3 Å². The van der Waals surface area contributed by atoms with Crippen LogP contribution in [0.1, 0.15) is 45.1 Å². The van der Waals surface area contributed by atoms with E-state index in [2.05, 4.69) is 59.7 Å². The van der Waals surface area contributed by atoms with Crippen molar-refractivity contribution < 1.29 is 9.16 Å². The lowest BCUT2D eigenvalue weighted by Gasteiger charge is -2.30. The smallest absolute Gasteiger partial charge is 0.204 e. The van der Waals surface area contributed by atoms with Gasteiger partial charge in [-0.2, -0.15) is 0 Å². The predicted molar refractivity (Wildman–Crippen MR) is 103 cm³/mol. The summed E-state index contributed by atoms with van der Waals surface area (Å²) in [5.41, 5.74) is 2.92. The molecular weight excluding hydrogens is 320 g/mol. The van der Waals surface area contributed by atoms with Crippen molar-refractivity contribution in [3.63, 3.8) is 0 Å². The number of benzene rings is 1. The minimum atomic E-state index is 0.0828. The van der Waals surface area contributed by atoms with E-state index in [-0.39, 0.29) is 10.8 Å². The molecule has 0 radical (unpaired) electrons. The monoisotopic (exact) mass is 346 g/mol. The summed E-state index contributed by atoms with van der Waals surface area (Å²) in [5.74, 6) is 2.07. The fourth-order valence-corrected chi connectivity index (χ4v) is 5.23. The normalized spacial score (nSPS) is 17.8. The van der Waals surface area contributed by atoms with Gasteiger partial charge in [0.2, 0.25) is 10.5 Å². The number of aryl methyl sites for hydroxylation is 1. The molecule has 0 N–H and O–H groups in total. The lowest BCUT2D eigenvalue weighted by atomic mass is 9.71. The number of ether oxygens (including phenoxy) is 1. The third-order valence-electron chi connectivity index (χ3n) is 4.58. The predicted octanol–water partition coefficient (Wildman–Crippen LogP) is 4.68. The molecule has 3 rings (SSSR count). The van der Waals surface area contributed by atoms with Crippen molar-refractivity contribution in [2.45, 2.75) is 41.5 Å². The highest BCUT2D eigenvalue weighted by atomic mass is 32.1. The summed E-state index contributed by atoms with van der Waals surface area (Å²) in [6, 6.07) is 6.39. The molecule has 23 heavy (non-hydrogen) atoms. The molecule has 1 aromatic heterocycles. The quantitative estimate of drug-likeness (QED) is 0.735. The topological polar surface area (TPSA) is 18.5 Å². The second kappa shape index (κ2) is 5.38. The van der Waals surface area contributed by atoms with Gasteiger partial charge in [0.1, 0.15) is 11.5 Å². The number of thiophene rings is 1. The second-order valence-corrected chi connectivity index (χ2v) is 9.51. The SMILES string of the molecule is Cc1c(C2=C(C(C)(C)C)C(C)(C)CO2)sc2ccc(O[SiH3])cc12. The molecule has 0 bridgehead atoms. The van der Waals surface area contributed by atoms with Gasteiger partial charge in [-0.05, 0) is 47.1 Å². The number of hydrogen-bond acceptors (Lipinski definition) is 3. The molecule has 0 aliphatic carbocycles. The van der Waals surface area contributed by atoms with Crippen LogP contribution in [-0.4, -0.2) is 17.1 Å². The van der Waals surface area contributed by atoms with E-state index in [0.29, 0.717) is 0 Å². The van der Waals surface area contributed by atoms with Gasteiger partial charge >= 0.3 is 0 Å².